The lowest BCUT2D eigenvalue weighted by Crippen LogP contribution is -2.51. The van der Waals surface area contributed by atoms with Gasteiger partial charge in [0, 0.05) is 6.04 Å². The normalized spacial score (nSPS) is 42.5. The van der Waals surface area contributed by atoms with E-state index in [0.717, 1.165) is 12.8 Å². The second-order valence-electron chi connectivity index (χ2n) is 3.91. The van der Waals surface area contributed by atoms with Crippen LogP contribution in [-0.2, 0) is 4.79 Å². The molecule has 0 spiro atoms. The first-order chi connectivity index (χ1) is 5.23. The van der Waals surface area contributed by atoms with Crippen LogP contribution in [0.25, 0.3) is 0 Å². The number of piperidine rings is 1. The van der Waals surface area contributed by atoms with Crippen LogP contribution in [0.1, 0.15) is 39.0 Å². The quantitative estimate of drug-likeness (QED) is 0.614. The minimum atomic E-state index is -0.0943. The van der Waals surface area contributed by atoms with Gasteiger partial charge in [0.1, 0.15) is 5.78 Å². The van der Waals surface area contributed by atoms with Gasteiger partial charge in [-0.15, -0.1) is 0 Å². The number of Topliss-reactive ketones (excluding diaryl/α,β-unsaturated/α-hetero) is 1. The van der Waals surface area contributed by atoms with Crippen LogP contribution >= 0.6 is 0 Å². The first-order valence-corrected chi connectivity index (χ1v) is 4.52. The standard InChI is InChI=1S/C9H15NO/c1-7(11)9-5-2-3-8(10-9)4-6-9/h8,10H,2-6H2,1H3. The number of rotatable bonds is 1. The van der Waals surface area contributed by atoms with Gasteiger partial charge in [0.2, 0.25) is 0 Å². The van der Waals surface area contributed by atoms with E-state index in [1.165, 1.54) is 19.3 Å². The predicted octanol–water partition coefficient (Wildman–Crippen LogP) is 1.25. The van der Waals surface area contributed by atoms with Crippen LogP contribution < -0.4 is 5.32 Å². The van der Waals surface area contributed by atoms with Crippen molar-refractivity contribution in [2.24, 2.45) is 0 Å². The molecule has 2 unspecified atom stereocenters. The highest BCUT2D eigenvalue weighted by Gasteiger charge is 2.44. The van der Waals surface area contributed by atoms with Crippen molar-refractivity contribution in [1.82, 2.24) is 5.32 Å². The molecule has 2 rings (SSSR count). The van der Waals surface area contributed by atoms with Gasteiger partial charge < -0.3 is 5.32 Å². The fourth-order valence-corrected chi connectivity index (χ4v) is 2.47. The van der Waals surface area contributed by atoms with E-state index in [1.807, 2.05) is 0 Å². The van der Waals surface area contributed by atoms with E-state index in [9.17, 15) is 4.79 Å². The van der Waals surface area contributed by atoms with Crippen LogP contribution in [0.2, 0.25) is 0 Å². The number of carbonyl (C=O) groups excluding carboxylic acids is 1. The topological polar surface area (TPSA) is 29.1 Å². The average Bonchev–Trinajstić information content (AvgIpc) is 2.29. The molecule has 2 heteroatoms. The van der Waals surface area contributed by atoms with Gasteiger partial charge >= 0.3 is 0 Å². The number of hydrogen-bond donors (Lipinski definition) is 1. The summed E-state index contributed by atoms with van der Waals surface area (Å²) in [4.78, 5) is 11.3. The number of carbonyl (C=O) groups is 1. The Kier molecular flexibility index (Phi) is 1.53. The van der Waals surface area contributed by atoms with Crippen molar-refractivity contribution in [3.05, 3.63) is 0 Å². The monoisotopic (exact) mass is 153 g/mol. The number of nitrogens with one attached hydrogen (secondary N) is 1. The molecule has 2 bridgehead atoms. The third kappa shape index (κ3) is 1.00. The van der Waals surface area contributed by atoms with E-state index in [4.69, 9.17) is 0 Å². The molecule has 0 radical (unpaired) electrons. The van der Waals surface area contributed by atoms with E-state index >= 15 is 0 Å². The fourth-order valence-electron chi connectivity index (χ4n) is 2.47. The summed E-state index contributed by atoms with van der Waals surface area (Å²) in [5.41, 5.74) is -0.0943. The van der Waals surface area contributed by atoms with Crippen molar-refractivity contribution < 1.29 is 4.79 Å². The number of hydrogen-bond acceptors (Lipinski definition) is 2. The fraction of sp³-hybridized carbons (Fsp3) is 0.889. The molecule has 0 aliphatic carbocycles. The third-order valence-corrected chi connectivity index (χ3v) is 3.23. The summed E-state index contributed by atoms with van der Waals surface area (Å²) in [6, 6.07) is 0.646. The maximum Gasteiger partial charge on any atom is 0.149 e. The van der Waals surface area contributed by atoms with Crippen molar-refractivity contribution in [2.45, 2.75) is 50.6 Å². The van der Waals surface area contributed by atoms with Crippen LogP contribution in [0, 0.1) is 0 Å². The lowest BCUT2D eigenvalue weighted by Gasteiger charge is -2.32. The summed E-state index contributed by atoms with van der Waals surface area (Å²) in [5.74, 6) is 0.347. The lowest BCUT2D eigenvalue weighted by atomic mass is 9.87. The lowest BCUT2D eigenvalue weighted by molar-refractivity contribution is -0.123. The van der Waals surface area contributed by atoms with E-state index in [1.54, 1.807) is 6.92 Å². The second-order valence-corrected chi connectivity index (χ2v) is 3.91. The van der Waals surface area contributed by atoms with Gasteiger partial charge in [-0.1, -0.05) is 0 Å². The SMILES string of the molecule is CC(=O)C12CCCC(CC1)N2. The molecule has 0 saturated carbocycles. The zero-order valence-corrected chi connectivity index (χ0v) is 7.02. The summed E-state index contributed by atoms with van der Waals surface area (Å²) in [6.45, 7) is 1.72. The summed E-state index contributed by atoms with van der Waals surface area (Å²) in [5, 5.41) is 3.45. The molecule has 2 heterocycles. The molecule has 2 saturated heterocycles. The molecular weight excluding hydrogens is 138 g/mol. The van der Waals surface area contributed by atoms with Crippen molar-refractivity contribution in [3.8, 4) is 0 Å². The van der Waals surface area contributed by atoms with Crippen LogP contribution in [0.4, 0.5) is 0 Å². The Balaban J connectivity index is 2.19. The van der Waals surface area contributed by atoms with E-state index in [2.05, 4.69) is 5.32 Å². The first-order valence-electron chi connectivity index (χ1n) is 4.52. The van der Waals surface area contributed by atoms with Gasteiger partial charge in [0.25, 0.3) is 0 Å². The summed E-state index contributed by atoms with van der Waals surface area (Å²) >= 11 is 0. The van der Waals surface area contributed by atoms with Gasteiger partial charge in [0.15, 0.2) is 0 Å². The molecule has 0 aromatic heterocycles. The number of fused-ring (bicyclic) bond motifs is 2. The Morgan fingerprint density at radius 1 is 1.45 bits per heavy atom. The Hall–Kier alpha value is -0.370. The van der Waals surface area contributed by atoms with Crippen LogP contribution in [-0.4, -0.2) is 17.4 Å². The molecule has 0 aromatic carbocycles. The molecule has 62 valence electrons. The maximum atomic E-state index is 11.3. The third-order valence-electron chi connectivity index (χ3n) is 3.23. The molecule has 11 heavy (non-hydrogen) atoms. The Morgan fingerprint density at radius 3 is 2.91 bits per heavy atom. The highest BCUT2D eigenvalue weighted by Crippen LogP contribution is 2.35. The molecule has 2 aliphatic rings. The second kappa shape index (κ2) is 2.31. The van der Waals surface area contributed by atoms with Gasteiger partial charge in [-0.3, -0.25) is 4.79 Å². The van der Waals surface area contributed by atoms with Crippen LogP contribution in [0.15, 0.2) is 0 Å². The highest BCUT2D eigenvalue weighted by molar-refractivity contribution is 5.86. The van der Waals surface area contributed by atoms with Gasteiger partial charge in [0.05, 0.1) is 5.54 Å². The molecule has 1 N–H and O–H groups in total. The first kappa shape index (κ1) is 7.29. The molecular formula is C9H15NO. The van der Waals surface area contributed by atoms with Crippen LogP contribution in [0.3, 0.4) is 0 Å². The van der Waals surface area contributed by atoms with Crippen molar-refractivity contribution >= 4 is 5.78 Å². The van der Waals surface area contributed by atoms with Gasteiger partial charge in [-0.2, -0.15) is 0 Å². The molecule has 2 aliphatic heterocycles. The largest absolute Gasteiger partial charge is 0.302 e. The molecule has 0 aromatic rings. The Morgan fingerprint density at radius 2 is 2.27 bits per heavy atom. The minimum Gasteiger partial charge on any atom is -0.302 e. The van der Waals surface area contributed by atoms with Crippen molar-refractivity contribution in [1.29, 1.82) is 0 Å². The molecule has 2 nitrogen and oxygen atoms in total. The molecule has 2 atom stereocenters. The van der Waals surface area contributed by atoms with E-state index in [0.29, 0.717) is 11.8 Å². The Bertz CT molecular complexity index is 186. The summed E-state index contributed by atoms with van der Waals surface area (Å²) in [6.07, 6.45) is 5.86. The zero-order valence-electron chi connectivity index (χ0n) is 7.02. The zero-order chi connectivity index (χ0) is 7.90. The Labute approximate surface area is 67.4 Å². The smallest absolute Gasteiger partial charge is 0.149 e. The van der Waals surface area contributed by atoms with Gasteiger partial charge in [-0.25, -0.2) is 0 Å². The van der Waals surface area contributed by atoms with Crippen LogP contribution in [0.5, 0.6) is 0 Å². The summed E-state index contributed by atoms with van der Waals surface area (Å²) in [7, 11) is 0. The number of ketones is 1. The van der Waals surface area contributed by atoms with E-state index < -0.39 is 0 Å². The maximum absolute atomic E-state index is 11.3. The van der Waals surface area contributed by atoms with Crippen molar-refractivity contribution in [3.63, 3.8) is 0 Å². The molecule has 2 fully saturated rings. The van der Waals surface area contributed by atoms with Gasteiger partial charge in [-0.05, 0) is 39.0 Å². The highest BCUT2D eigenvalue weighted by atomic mass is 16.1. The average molecular weight is 153 g/mol. The molecule has 0 amide bonds. The summed E-state index contributed by atoms with van der Waals surface area (Å²) < 4.78 is 0. The predicted molar refractivity (Wildman–Crippen MR) is 43.4 cm³/mol. The van der Waals surface area contributed by atoms with Crippen molar-refractivity contribution in [2.75, 3.05) is 0 Å². The van der Waals surface area contributed by atoms with E-state index in [-0.39, 0.29) is 5.54 Å². The minimum absolute atomic E-state index is 0.0943.